The summed E-state index contributed by atoms with van der Waals surface area (Å²) in [5, 5.41) is 5.05. The zero-order chi connectivity index (χ0) is 17.0. The minimum Gasteiger partial charge on any atom is -0.344 e. The van der Waals surface area contributed by atoms with E-state index in [-0.39, 0.29) is 23.6 Å². The van der Waals surface area contributed by atoms with E-state index in [0.717, 1.165) is 4.88 Å². The molecule has 124 valence electrons. The Bertz CT molecular complexity index is 748. The average molecular weight is 351 g/mol. The summed E-state index contributed by atoms with van der Waals surface area (Å²) >= 11 is 1.62. The lowest BCUT2D eigenvalue weighted by atomic mass is 10.0. The van der Waals surface area contributed by atoms with E-state index < -0.39 is 9.84 Å². The second-order valence-corrected chi connectivity index (χ2v) is 9.10. The van der Waals surface area contributed by atoms with Crippen LogP contribution in [0.15, 0.2) is 41.8 Å². The number of hydrogen-bond donors (Lipinski definition) is 1. The van der Waals surface area contributed by atoms with Gasteiger partial charge in [-0.2, -0.15) is 0 Å². The van der Waals surface area contributed by atoms with Gasteiger partial charge < -0.3 is 5.32 Å². The minimum absolute atomic E-state index is 0.0152. The molecule has 23 heavy (non-hydrogen) atoms. The van der Waals surface area contributed by atoms with Gasteiger partial charge in [-0.25, -0.2) is 8.42 Å². The van der Waals surface area contributed by atoms with Crippen LogP contribution < -0.4 is 5.32 Å². The van der Waals surface area contributed by atoms with Crippen molar-refractivity contribution in [1.29, 1.82) is 0 Å². The molecule has 0 fully saturated rings. The Balaban J connectivity index is 2.11. The summed E-state index contributed by atoms with van der Waals surface area (Å²) in [5.41, 5.74) is 1.21. The number of carbonyl (C=O) groups is 1. The number of hydrogen-bond acceptors (Lipinski definition) is 4. The zero-order valence-electron chi connectivity index (χ0n) is 13.4. The highest BCUT2D eigenvalue weighted by Crippen LogP contribution is 2.26. The van der Waals surface area contributed by atoms with Crippen LogP contribution in [0.2, 0.25) is 0 Å². The standard InChI is InChI=1S/C17H21NO3S2/c1-12(2)16(15-5-4-10-22-15)18-17(19)14-8-6-13(7-9-14)11-23(3,20)21/h4-10,12,16H,11H2,1-3H3,(H,18,19). The number of carbonyl (C=O) groups excluding carboxylic acids is 1. The van der Waals surface area contributed by atoms with Gasteiger partial charge in [0, 0.05) is 16.7 Å². The third-order valence-corrected chi connectivity index (χ3v) is 5.26. The number of amides is 1. The van der Waals surface area contributed by atoms with Crippen LogP contribution in [0, 0.1) is 5.92 Å². The summed E-state index contributed by atoms with van der Waals surface area (Å²) in [6.07, 6.45) is 1.20. The molecule has 1 unspecified atom stereocenters. The molecule has 0 saturated carbocycles. The molecular weight excluding hydrogens is 330 g/mol. The van der Waals surface area contributed by atoms with Crippen molar-refractivity contribution in [2.24, 2.45) is 5.92 Å². The maximum absolute atomic E-state index is 12.4. The minimum atomic E-state index is -3.07. The van der Waals surface area contributed by atoms with E-state index in [9.17, 15) is 13.2 Å². The smallest absolute Gasteiger partial charge is 0.251 e. The van der Waals surface area contributed by atoms with Crippen molar-refractivity contribution in [1.82, 2.24) is 5.32 Å². The predicted octanol–water partition coefficient (Wildman–Crippen LogP) is 3.42. The average Bonchev–Trinajstić information content (AvgIpc) is 2.97. The monoisotopic (exact) mass is 351 g/mol. The predicted molar refractivity (Wildman–Crippen MR) is 94.4 cm³/mol. The molecule has 1 aromatic heterocycles. The molecule has 6 heteroatoms. The molecule has 0 aliphatic rings. The van der Waals surface area contributed by atoms with E-state index in [2.05, 4.69) is 19.2 Å². The molecule has 0 aliphatic heterocycles. The maximum atomic E-state index is 12.4. The number of thiophene rings is 1. The van der Waals surface area contributed by atoms with Gasteiger partial charge in [0.25, 0.3) is 5.91 Å². The Hall–Kier alpha value is -1.66. The third kappa shape index (κ3) is 5.18. The van der Waals surface area contributed by atoms with E-state index >= 15 is 0 Å². The highest BCUT2D eigenvalue weighted by molar-refractivity contribution is 7.89. The second-order valence-electron chi connectivity index (χ2n) is 5.98. The Labute approximate surface area is 141 Å². The quantitative estimate of drug-likeness (QED) is 0.867. The van der Waals surface area contributed by atoms with Crippen LogP contribution in [0.1, 0.15) is 40.7 Å². The largest absolute Gasteiger partial charge is 0.344 e. The number of benzene rings is 1. The summed E-state index contributed by atoms with van der Waals surface area (Å²) in [4.78, 5) is 13.6. The lowest BCUT2D eigenvalue weighted by Crippen LogP contribution is -2.31. The molecule has 4 nitrogen and oxygen atoms in total. The first-order chi connectivity index (χ1) is 10.8. The van der Waals surface area contributed by atoms with Gasteiger partial charge in [0.1, 0.15) is 0 Å². The first kappa shape index (κ1) is 17.7. The first-order valence-electron chi connectivity index (χ1n) is 7.37. The van der Waals surface area contributed by atoms with Crippen LogP contribution >= 0.6 is 11.3 Å². The van der Waals surface area contributed by atoms with Crippen LogP contribution in [0.5, 0.6) is 0 Å². The van der Waals surface area contributed by atoms with Crippen LogP contribution in [-0.4, -0.2) is 20.6 Å². The van der Waals surface area contributed by atoms with Crippen molar-refractivity contribution in [3.63, 3.8) is 0 Å². The topological polar surface area (TPSA) is 63.2 Å². The molecule has 0 radical (unpaired) electrons. The molecule has 0 aliphatic carbocycles. The molecule has 1 aromatic carbocycles. The van der Waals surface area contributed by atoms with Crippen molar-refractivity contribution in [3.05, 3.63) is 57.8 Å². The van der Waals surface area contributed by atoms with Gasteiger partial charge in [0.15, 0.2) is 9.84 Å². The number of rotatable bonds is 6. The SMILES string of the molecule is CC(C)C(NC(=O)c1ccc(CS(C)(=O)=O)cc1)c1cccs1. The highest BCUT2D eigenvalue weighted by atomic mass is 32.2. The molecule has 1 N–H and O–H groups in total. The summed E-state index contributed by atoms with van der Waals surface area (Å²) in [6.45, 7) is 4.14. The Kier molecular flexibility index (Phi) is 5.59. The van der Waals surface area contributed by atoms with Crippen LogP contribution in [-0.2, 0) is 15.6 Å². The van der Waals surface area contributed by atoms with Crippen LogP contribution in [0.4, 0.5) is 0 Å². The van der Waals surface area contributed by atoms with Gasteiger partial charge in [-0.15, -0.1) is 11.3 Å². The molecule has 1 amide bonds. The van der Waals surface area contributed by atoms with Gasteiger partial charge in [-0.3, -0.25) is 4.79 Å². The normalized spacial score (nSPS) is 13.0. The fraction of sp³-hybridized carbons (Fsp3) is 0.353. The number of nitrogens with one attached hydrogen (secondary N) is 1. The van der Waals surface area contributed by atoms with Gasteiger partial charge in [-0.1, -0.05) is 32.0 Å². The molecule has 0 saturated heterocycles. The van der Waals surface area contributed by atoms with Gasteiger partial charge in [0.2, 0.25) is 0 Å². The zero-order valence-corrected chi connectivity index (χ0v) is 15.1. The summed E-state index contributed by atoms with van der Waals surface area (Å²) in [7, 11) is -3.07. The Morgan fingerprint density at radius 1 is 1.17 bits per heavy atom. The molecule has 2 rings (SSSR count). The van der Waals surface area contributed by atoms with E-state index in [1.807, 2.05) is 17.5 Å². The van der Waals surface area contributed by atoms with E-state index in [1.165, 1.54) is 6.26 Å². The summed E-state index contributed by atoms with van der Waals surface area (Å²) in [6, 6.07) is 10.7. The first-order valence-corrected chi connectivity index (χ1v) is 10.3. The summed E-state index contributed by atoms with van der Waals surface area (Å²) in [5.74, 6) is 0.115. The fourth-order valence-electron chi connectivity index (χ4n) is 2.31. The molecule has 2 aromatic rings. The third-order valence-electron chi connectivity index (χ3n) is 3.45. The van der Waals surface area contributed by atoms with E-state index in [1.54, 1.807) is 35.6 Å². The van der Waals surface area contributed by atoms with Gasteiger partial charge in [-0.05, 0) is 35.1 Å². The molecular formula is C17H21NO3S2. The molecule has 1 atom stereocenters. The summed E-state index contributed by atoms with van der Waals surface area (Å²) < 4.78 is 22.6. The van der Waals surface area contributed by atoms with Gasteiger partial charge >= 0.3 is 0 Å². The van der Waals surface area contributed by atoms with Gasteiger partial charge in [0.05, 0.1) is 11.8 Å². The molecule has 1 heterocycles. The maximum Gasteiger partial charge on any atom is 0.251 e. The highest BCUT2D eigenvalue weighted by Gasteiger charge is 2.20. The number of sulfone groups is 1. The van der Waals surface area contributed by atoms with E-state index in [4.69, 9.17) is 0 Å². The van der Waals surface area contributed by atoms with Crippen LogP contribution in [0.3, 0.4) is 0 Å². The van der Waals surface area contributed by atoms with Crippen molar-refractivity contribution >= 4 is 27.1 Å². The lowest BCUT2D eigenvalue weighted by Gasteiger charge is -2.21. The molecule has 0 spiro atoms. The fourth-order valence-corrected chi connectivity index (χ4v) is 4.06. The molecule has 0 bridgehead atoms. The van der Waals surface area contributed by atoms with Crippen LogP contribution in [0.25, 0.3) is 0 Å². The lowest BCUT2D eigenvalue weighted by molar-refractivity contribution is 0.0926. The van der Waals surface area contributed by atoms with Crippen molar-refractivity contribution in [2.75, 3.05) is 6.26 Å². The van der Waals surface area contributed by atoms with Crippen molar-refractivity contribution < 1.29 is 13.2 Å². The van der Waals surface area contributed by atoms with Crippen molar-refractivity contribution in [2.45, 2.75) is 25.6 Å². The second kappa shape index (κ2) is 7.27. The van der Waals surface area contributed by atoms with E-state index in [0.29, 0.717) is 11.1 Å². The van der Waals surface area contributed by atoms with Crippen molar-refractivity contribution in [3.8, 4) is 0 Å². The Morgan fingerprint density at radius 3 is 2.30 bits per heavy atom. The Morgan fingerprint density at radius 2 is 1.83 bits per heavy atom.